The van der Waals surface area contributed by atoms with Gasteiger partial charge in [-0.05, 0) is 93.0 Å². The SMILES string of the molecule is Cn1cc(-c2ccc(C[C@@H](C(N)=O)N(c3ccc(-c4nn[nH]n4)cc3)C(=O)[C@H]3CC[C@H](CNC(=O)OC(C)(C)C)CC3)cc2)c(=O)n(C)c1=O. The molecule has 15 nitrogen and oxygen atoms in total. The van der Waals surface area contributed by atoms with Crippen LogP contribution in [0.5, 0.6) is 0 Å². The van der Waals surface area contributed by atoms with Crippen LogP contribution in [0, 0.1) is 11.8 Å². The second-order valence-electron chi connectivity index (χ2n) is 13.7. The van der Waals surface area contributed by atoms with Gasteiger partial charge in [-0.15, -0.1) is 10.2 Å². The third kappa shape index (κ3) is 8.33. The van der Waals surface area contributed by atoms with Gasteiger partial charge in [-0.25, -0.2) is 9.59 Å². The Hall–Kier alpha value is -5.60. The summed E-state index contributed by atoms with van der Waals surface area (Å²) in [5.41, 5.74) is 7.41. The fraction of sp³-hybridized carbons (Fsp3) is 0.429. The number of amides is 3. The number of ether oxygens (including phenoxy) is 1. The molecule has 0 aliphatic heterocycles. The van der Waals surface area contributed by atoms with Crippen molar-refractivity contribution in [2.45, 2.75) is 64.5 Å². The van der Waals surface area contributed by atoms with Crippen molar-refractivity contribution >= 4 is 23.6 Å². The van der Waals surface area contributed by atoms with Gasteiger partial charge >= 0.3 is 11.8 Å². The highest BCUT2D eigenvalue weighted by Crippen LogP contribution is 2.33. The molecule has 5 rings (SSSR count). The molecule has 1 atom stereocenters. The highest BCUT2D eigenvalue weighted by Gasteiger charge is 2.36. The maximum absolute atomic E-state index is 14.4. The van der Waals surface area contributed by atoms with Crippen LogP contribution in [-0.4, -0.2) is 65.9 Å². The van der Waals surface area contributed by atoms with Crippen LogP contribution >= 0.6 is 0 Å². The van der Waals surface area contributed by atoms with Crippen molar-refractivity contribution in [3.63, 3.8) is 0 Å². The summed E-state index contributed by atoms with van der Waals surface area (Å²) in [7, 11) is 3.00. The van der Waals surface area contributed by atoms with Crippen molar-refractivity contribution in [2.24, 2.45) is 31.7 Å². The van der Waals surface area contributed by atoms with Crippen molar-refractivity contribution in [3.8, 4) is 22.5 Å². The maximum atomic E-state index is 14.4. The number of nitrogens with two attached hydrogens (primary N) is 1. The van der Waals surface area contributed by atoms with E-state index in [1.54, 1.807) is 55.6 Å². The van der Waals surface area contributed by atoms with Crippen LogP contribution in [0.25, 0.3) is 22.5 Å². The minimum absolute atomic E-state index is 0.119. The van der Waals surface area contributed by atoms with Crippen molar-refractivity contribution < 1.29 is 19.1 Å². The largest absolute Gasteiger partial charge is 0.444 e. The van der Waals surface area contributed by atoms with E-state index in [2.05, 4.69) is 25.9 Å². The summed E-state index contributed by atoms with van der Waals surface area (Å²) in [6.07, 6.45) is 3.72. The molecular formula is C35H43N9O6. The Labute approximate surface area is 288 Å². The van der Waals surface area contributed by atoms with E-state index in [-0.39, 0.29) is 24.2 Å². The fourth-order valence-corrected chi connectivity index (χ4v) is 6.24. The number of H-pyrrole nitrogens is 1. The normalized spacial score (nSPS) is 16.7. The van der Waals surface area contributed by atoms with Gasteiger partial charge in [0, 0.05) is 50.4 Å². The van der Waals surface area contributed by atoms with Gasteiger partial charge in [0.05, 0.1) is 5.56 Å². The molecule has 1 fully saturated rings. The number of hydrogen-bond donors (Lipinski definition) is 3. The molecule has 1 aliphatic carbocycles. The number of benzene rings is 2. The highest BCUT2D eigenvalue weighted by molar-refractivity contribution is 6.01. The Bertz CT molecular complexity index is 1940. The fourth-order valence-electron chi connectivity index (χ4n) is 6.24. The average Bonchev–Trinajstić information content (AvgIpc) is 3.63. The summed E-state index contributed by atoms with van der Waals surface area (Å²) < 4.78 is 7.74. The summed E-state index contributed by atoms with van der Waals surface area (Å²) in [5.74, 6) is -0.692. The van der Waals surface area contributed by atoms with Crippen LogP contribution in [0.3, 0.4) is 0 Å². The molecule has 264 valence electrons. The Morgan fingerprint density at radius 2 is 1.64 bits per heavy atom. The number of aromatic amines is 1. The lowest BCUT2D eigenvalue weighted by atomic mass is 9.81. The van der Waals surface area contributed by atoms with Crippen LogP contribution in [0.15, 0.2) is 64.3 Å². The van der Waals surface area contributed by atoms with E-state index in [1.807, 2.05) is 20.8 Å². The third-order valence-electron chi connectivity index (χ3n) is 8.90. The van der Waals surface area contributed by atoms with Gasteiger partial charge < -0.3 is 20.4 Å². The lowest BCUT2D eigenvalue weighted by molar-refractivity contribution is -0.127. The van der Waals surface area contributed by atoms with E-state index >= 15 is 0 Å². The molecule has 15 heteroatoms. The van der Waals surface area contributed by atoms with E-state index < -0.39 is 34.9 Å². The molecular weight excluding hydrogens is 642 g/mol. The monoisotopic (exact) mass is 685 g/mol. The van der Waals surface area contributed by atoms with Crippen LogP contribution in [0.2, 0.25) is 0 Å². The molecule has 3 amide bonds. The first kappa shape index (κ1) is 35.7. The highest BCUT2D eigenvalue weighted by atomic mass is 16.6. The van der Waals surface area contributed by atoms with Gasteiger partial charge in [0.1, 0.15) is 11.6 Å². The van der Waals surface area contributed by atoms with Gasteiger partial charge in [-0.2, -0.15) is 5.21 Å². The molecule has 2 heterocycles. The van der Waals surface area contributed by atoms with E-state index in [0.29, 0.717) is 60.4 Å². The minimum atomic E-state index is -1.03. The number of rotatable bonds is 10. The molecule has 0 unspecified atom stereocenters. The minimum Gasteiger partial charge on any atom is -0.444 e. The Morgan fingerprint density at radius 3 is 2.22 bits per heavy atom. The molecule has 0 radical (unpaired) electrons. The number of aromatic nitrogens is 6. The zero-order valence-electron chi connectivity index (χ0n) is 28.9. The first-order valence-corrected chi connectivity index (χ1v) is 16.5. The Morgan fingerprint density at radius 1 is 1.00 bits per heavy atom. The van der Waals surface area contributed by atoms with Gasteiger partial charge in [0.2, 0.25) is 17.6 Å². The molecule has 2 aromatic carbocycles. The first-order chi connectivity index (χ1) is 23.7. The number of tetrazole rings is 1. The number of alkyl carbamates (subject to hydrolysis) is 1. The molecule has 0 spiro atoms. The zero-order valence-corrected chi connectivity index (χ0v) is 28.9. The van der Waals surface area contributed by atoms with Crippen LogP contribution in [0.4, 0.5) is 10.5 Å². The quantitative estimate of drug-likeness (QED) is 0.225. The Kier molecular flexibility index (Phi) is 10.6. The number of anilines is 1. The van der Waals surface area contributed by atoms with E-state index in [9.17, 15) is 24.0 Å². The number of carbonyl (C=O) groups excluding carboxylic acids is 3. The summed E-state index contributed by atoms with van der Waals surface area (Å²) >= 11 is 0. The second-order valence-corrected chi connectivity index (χ2v) is 13.7. The smallest absolute Gasteiger partial charge is 0.407 e. The second kappa shape index (κ2) is 14.9. The summed E-state index contributed by atoms with van der Waals surface area (Å²) in [6.45, 7) is 5.87. The number of nitrogens with zero attached hydrogens (tertiary/aromatic N) is 6. The van der Waals surface area contributed by atoms with E-state index in [0.717, 1.165) is 10.1 Å². The van der Waals surface area contributed by atoms with Crippen molar-refractivity contribution in [1.82, 2.24) is 35.1 Å². The average molecular weight is 686 g/mol. The van der Waals surface area contributed by atoms with Crippen molar-refractivity contribution in [2.75, 3.05) is 11.4 Å². The lowest BCUT2D eigenvalue weighted by Crippen LogP contribution is -2.52. The number of aryl methyl sites for hydroxylation is 1. The van der Waals surface area contributed by atoms with Gasteiger partial charge in [-0.3, -0.25) is 23.9 Å². The molecule has 50 heavy (non-hydrogen) atoms. The lowest BCUT2D eigenvalue weighted by Gasteiger charge is -2.36. The number of hydrogen-bond acceptors (Lipinski definition) is 9. The van der Waals surface area contributed by atoms with Crippen LogP contribution in [-0.2, 0) is 34.8 Å². The van der Waals surface area contributed by atoms with Crippen molar-refractivity contribution in [3.05, 3.63) is 81.1 Å². The molecule has 1 saturated carbocycles. The number of nitrogens with one attached hydrogen (secondary N) is 2. The summed E-state index contributed by atoms with van der Waals surface area (Å²) in [4.78, 5) is 66.2. The van der Waals surface area contributed by atoms with Crippen molar-refractivity contribution in [1.29, 1.82) is 0 Å². The first-order valence-electron chi connectivity index (χ1n) is 16.5. The van der Waals surface area contributed by atoms with Gasteiger partial charge in [0.15, 0.2) is 0 Å². The zero-order chi connectivity index (χ0) is 36.2. The maximum Gasteiger partial charge on any atom is 0.407 e. The molecule has 0 bridgehead atoms. The van der Waals surface area contributed by atoms with Gasteiger partial charge in [-0.1, -0.05) is 24.3 Å². The summed E-state index contributed by atoms with van der Waals surface area (Å²) in [5, 5.41) is 16.9. The predicted octanol–water partition coefficient (Wildman–Crippen LogP) is 2.69. The molecule has 1 aliphatic rings. The summed E-state index contributed by atoms with van der Waals surface area (Å²) in [6, 6.07) is 13.0. The molecule has 0 saturated heterocycles. The topological polar surface area (TPSA) is 200 Å². The number of primary amides is 1. The standard InChI is InChI=1S/C35H43N9O6/c1-35(2,3)50-33(48)37-19-22-8-12-25(13-9-22)31(46)44(26-16-14-24(15-17-26)30-38-40-41-39-30)28(29(36)45)18-21-6-10-23(11-7-21)27-20-42(4)34(49)43(5)32(27)47/h6-7,10-11,14-17,20,22,25,28H,8-9,12-13,18-19H2,1-5H3,(H2,36,45)(H,37,48)(H,38,39,40,41)/t22-,25-,28-/m0/s1. The van der Waals surface area contributed by atoms with Gasteiger partial charge in [0.25, 0.3) is 5.56 Å². The van der Waals surface area contributed by atoms with Crippen LogP contribution in [0.1, 0.15) is 52.0 Å². The third-order valence-corrected chi connectivity index (χ3v) is 8.90. The Balaban J connectivity index is 1.38. The van der Waals surface area contributed by atoms with Crippen LogP contribution < -0.4 is 27.2 Å². The molecule has 2 aromatic heterocycles. The van der Waals surface area contributed by atoms with E-state index in [4.69, 9.17) is 10.5 Å². The molecule has 4 N–H and O–H groups in total. The molecule has 4 aromatic rings. The van der Waals surface area contributed by atoms with E-state index in [1.165, 1.54) is 22.7 Å². The number of carbonyl (C=O) groups is 3. The predicted molar refractivity (Wildman–Crippen MR) is 186 cm³/mol.